The van der Waals surface area contributed by atoms with Gasteiger partial charge in [-0.25, -0.2) is 0 Å². The molecule has 2 aromatic rings. The van der Waals surface area contributed by atoms with Gasteiger partial charge in [-0.1, -0.05) is 6.07 Å². The quantitative estimate of drug-likeness (QED) is 0.783. The molecule has 0 unspecified atom stereocenters. The lowest BCUT2D eigenvalue weighted by Gasteiger charge is -2.01. The Hall–Kier alpha value is -1.77. The maximum Gasteiger partial charge on any atom is 0.220 e. The highest BCUT2D eigenvalue weighted by molar-refractivity contribution is 5.80. The van der Waals surface area contributed by atoms with Crippen LogP contribution in [0.1, 0.15) is 12.0 Å². The molecule has 0 bridgehead atoms. The van der Waals surface area contributed by atoms with E-state index in [2.05, 4.69) is 28.5 Å². The summed E-state index contributed by atoms with van der Waals surface area (Å²) in [6.07, 6.45) is 3.26. The normalized spacial score (nSPS) is 10.5. The molecule has 0 aliphatic rings. The largest absolute Gasteiger partial charge is 0.361 e. The zero-order valence-electron chi connectivity index (χ0n) is 8.71. The first-order valence-electron chi connectivity index (χ1n) is 5.06. The van der Waals surface area contributed by atoms with E-state index < -0.39 is 0 Å². The molecule has 0 aliphatic heterocycles. The second kappa shape index (κ2) is 4.17. The van der Waals surface area contributed by atoms with Crippen molar-refractivity contribution in [3.8, 4) is 0 Å². The van der Waals surface area contributed by atoms with Crippen molar-refractivity contribution in [2.45, 2.75) is 12.8 Å². The molecule has 1 heterocycles. The first-order valence-corrected chi connectivity index (χ1v) is 5.06. The first kappa shape index (κ1) is 9.77. The number of hydrogen-bond donors (Lipinski definition) is 2. The molecule has 0 saturated carbocycles. The lowest BCUT2D eigenvalue weighted by atomic mass is 10.1. The van der Waals surface area contributed by atoms with E-state index in [1.165, 1.54) is 10.9 Å². The summed E-state index contributed by atoms with van der Waals surface area (Å²) in [7, 11) is 1.66. The zero-order chi connectivity index (χ0) is 10.7. The minimum Gasteiger partial charge on any atom is -0.361 e. The van der Waals surface area contributed by atoms with Crippen LogP contribution in [-0.4, -0.2) is 17.9 Å². The van der Waals surface area contributed by atoms with Gasteiger partial charge < -0.3 is 10.3 Å². The van der Waals surface area contributed by atoms with Crippen molar-refractivity contribution in [2.24, 2.45) is 0 Å². The van der Waals surface area contributed by atoms with Crippen molar-refractivity contribution >= 4 is 16.8 Å². The number of H-pyrrole nitrogens is 1. The third-order valence-electron chi connectivity index (χ3n) is 2.54. The number of benzene rings is 1. The fourth-order valence-electron chi connectivity index (χ4n) is 1.64. The number of hydrogen-bond acceptors (Lipinski definition) is 1. The van der Waals surface area contributed by atoms with E-state index in [9.17, 15) is 4.79 Å². The van der Waals surface area contributed by atoms with E-state index in [1.807, 2.05) is 12.3 Å². The van der Waals surface area contributed by atoms with Crippen LogP contribution in [0.2, 0.25) is 0 Å². The number of aryl methyl sites for hydroxylation is 1. The Morgan fingerprint density at radius 1 is 1.40 bits per heavy atom. The molecule has 3 nitrogen and oxygen atoms in total. The molecule has 0 aliphatic carbocycles. The molecule has 0 fully saturated rings. The lowest BCUT2D eigenvalue weighted by Crippen LogP contribution is -2.17. The van der Waals surface area contributed by atoms with Gasteiger partial charge in [-0.2, -0.15) is 0 Å². The van der Waals surface area contributed by atoms with E-state index >= 15 is 0 Å². The number of amides is 1. The van der Waals surface area contributed by atoms with Crippen molar-refractivity contribution in [2.75, 3.05) is 7.05 Å². The molecule has 15 heavy (non-hydrogen) atoms. The number of carbonyl (C=O) groups is 1. The van der Waals surface area contributed by atoms with Gasteiger partial charge in [0.15, 0.2) is 0 Å². The molecule has 0 spiro atoms. The van der Waals surface area contributed by atoms with Crippen molar-refractivity contribution < 1.29 is 4.79 Å². The zero-order valence-corrected chi connectivity index (χ0v) is 8.71. The third-order valence-corrected chi connectivity index (χ3v) is 2.54. The van der Waals surface area contributed by atoms with Crippen LogP contribution in [-0.2, 0) is 11.2 Å². The van der Waals surface area contributed by atoms with Crippen LogP contribution in [0.3, 0.4) is 0 Å². The summed E-state index contributed by atoms with van der Waals surface area (Å²) in [5.41, 5.74) is 2.34. The number of fused-ring (bicyclic) bond motifs is 1. The number of nitrogens with one attached hydrogen (secondary N) is 2. The van der Waals surface area contributed by atoms with Gasteiger partial charge in [-0.05, 0) is 35.6 Å². The summed E-state index contributed by atoms with van der Waals surface area (Å²) in [5.74, 6) is 0.0872. The summed E-state index contributed by atoms with van der Waals surface area (Å²) in [6, 6.07) is 8.27. The van der Waals surface area contributed by atoms with Crippen LogP contribution >= 0.6 is 0 Å². The molecule has 2 N–H and O–H groups in total. The van der Waals surface area contributed by atoms with Crippen LogP contribution in [0, 0.1) is 0 Å². The Balaban J connectivity index is 2.11. The van der Waals surface area contributed by atoms with Crippen LogP contribution in [0.5, 0.6) is 0 Å². The standard InChI is InChI=1S/C12H14N2O/c1-13-12(15)5-3-9-2-4-11-10(8-9)6-7-14-11/h2,4,6-8,14H,3,5H2,1H3,(H,13,15). The average molecular weight is 202 g/mol. The minimum absolute atomic E-state index is 0.0872. The predicted octanol–water partition coefficient (Wildman–Crippen LogP) is 1.85. The topological polar surface area (TPSA) is 44.9 Å². The Morgan fingerprint density at radius 3 is 3.07 bits per heavy atom. The molecule has 1 amide bonds. The Labute approximate surface area is 88.5 Å². The molecule has 1 aromatic heterocycles. The highest BCUT2D eigenvalue weighted by atomic mass is 16.1. The predicted molar refractivity (Wildman–Crippen MR) is 60.7 cm³/mol. The SMILES string of the molecule is CNC(=O)CCc1ccc2[nH]ccc2c1. The number of rotatable bonds is 3. The third kappa shape index (κ3) is 2.18. The van der Waals surface area contributed by atoms with Gasteiger partial charge in [0.2, 0.25) is 5.91 Å². The van der Waals surface area contributed by atoms with Crippen LogP contribution in [0.25, 0.3) is 10.9 Å². The summed E-state index contributed by atoms with van der Waals surface area (Å²) >= 11 is 0. The highest BCUT2D eigenvalue weighted by Gasteiger charge is 2.01. The van der Waals surface area contributed by atoms with Gasteiger partial charge in [0.05, 0.1) is 0 Å². The van der Waals surface area contributed by atoms with Gasteiger partial charge >= 0.3 is 0 Å². The van der Waals surface area contributed by atoms with E-state index in [4.69, 9.17) is 0 Å². The monoisotopic (exact) mass is 202 g/mol. The maximum atomic E-state index is 11.1. The maximum absolute atomic E-state index is 11.1. The molecule has 0 atom stereocenters. The van der Waals surface area contributed by atoms with E-state index in [1.54, 1.807) is 7.05 Å². The number of carbonyl (C=O) groups excluding carboxylic acids is 1. The van der Waals surface area contributed by atoms with Gasteiger partial charge in [0.25, 0.3) is 0 Å². The van der Waals surface area contributed by atoms with Crippen molar-refractivity contribution in [3.63, 3.8) is 0 Å². The minimum atomic E-state index is 0.0872. The summed E-state index contributed by atoms with van der Waals surface area (Å²) < 4.78 is 0. The van der Waals surface area contributed by atoms with E-state index in [0.29, 0.717) is 6.42 Å². The smallest absolute Gasteiger partial charge is 0.220 e. The fourth-order valence-corrected chi connectivity index (χ4v) is 1.64. The Morgan fingerprint density at radius 2 is 2.27 bits per heavy atom. The van der Waals surface area contributed by atoms with Crippen molar-refractivity contribution in [3.05, 3.63) is 36.0 Å². The molecule has 0 radical (unpaired) electrons. The Bertz CT molecular complexity index is 473. The molecule has 3 heteroatoms. The molecule has 1 aromatic carbocycles. The van der Waals surface area contributed by atoms with Crippen LogP contribution < -0.4 is 5.32 Å². The van der Waals surface area contributed by atoms with E-state index in [-0.39, 0.29) is 5.91 Å². The molecular weight excluding hydrogens is 188 g/mol. The van der Waals surface area contributed by atoms with Crippen LogP contribution in [0.4, 0.5) is 0 Å². The summed E-state index contributed by atoms with van der Waals surface area (Å²) in [4.78, 5) is 14.2. The van der Waals surface area contributed by atoms with Gasteiger partial charge in [-0.15, -0.1) is 0 Å². The van der Waals surface area contributed by atoms with E-state index in [0.717, 1.165) is 11.9 Å². The van der Waals surface area contributed by atoms with Crippen molar-refractivity contribution in [1.29, 1.82) is 0 Å². The second-order valence-corrected chi connectivity index (χ2v) is 3.57. The summed E-state index contributed by atoms with van der Waals surface area (Å²) in [6.45, 7) is 0. The van der Waals surface area contributed by atoms with Gasteiger partial charge in [-0.3, -0.25) is 4.79 Å². The average Bonchev–Trinajstić information content (AvgIpc) is 2.72. The molecule has 78 valence electrons. The number of aromatic amines is 1. The van der Waals surface area contributed by atoms with Crippen molar-refractivity contribution in [1.82, 2.24) is 10.3 Å². The lowest BCUT2D eigenvalue weighted by molar-refractivity contribution is -0.120. The fraction of sp³-hybridized carbons (Fsp3) is 0.250. The molecule has 2 rings (SSSR count). The second-order valence-electron chi connectivity index (χ2n) is 3.57. The number of aromatic nitrogens is 1. The van der Waals surface area contributed by atoms with Gasteiger partial charge in [0.1, 0.15) is 0 Å². The Kier molecular flexibility index (Phi) is 2.72. The summed E-state index contributed by atoms with van der Waals surface area (Å²) in [5, 5.41) is 3.82. The molecule has 0 saturated heterocycles. The first-order chi connectivity index (χ1) is 7.29. The highest BCUT2D eigenvalue weighted by Crippen LogP contribution is 2.15. The molecular formula is C12H14N2O. The van der Waals surface area contributed by atoms with Crippen LogP contribution in [0.15, 0.2) is 30.5 Å². The van der Waals surface area contributed by atoms with Gasteiger partial charge in [0, 0.05) is 25.2 Å².